The molecule has 1 aliphatic heterocycles. The lowest BCUT2D eigenvalue weighted by molar-refractivity contribution is -0.115. The highest BCUT2D eigenvalue weighted by Crippen LogP contribution is 2.20. The molecule has 0 aliphatic carbocycles. The molecule has 6 heteroatoms. The van der Waals surface area contributed by atoms with Gasteiger partial charge in [-0.1, -0.05) is 19.9 Å². The number of amides is 2. The van der Waals surface area contributed by atoms with Gasteiger partial charge in [0, 0.05) is 30.8 Å². The molecule has 2 rings (SSSR count). The second kappa shape index (κ2) is 10.3. The Labute approximate surface area is 150 Å². The Hall–Kier alpha value is -1.59. The molecule has 1 aliphatic rings. The summed E-state index contributed by atoms with van der Waals surface area (Å²) in [5, 5.41) is 6.18. The van der Waals surface area contributed by atoms with E-state index in [1.807, 2.05) is 30.0 Å². The minimum Gasteiger partial charge on any atom is -0.339 e. The predicted octanol–water partition coefficient (Wildman–Crippen LogP) is 2.92. The van der Waals surface area contributed by atoms with E-state index in [1.165, 1.54) is 0 Å². The van der Waals surface area contributed by atoms with Gasteiger partial charge in [-0.15, -0.1) is 12.4 Å². The van der Waals surface area contributed by atoms with Crippen LogP contribution in [-0.4, -0.2) is 42.9 Å². The zero-order chi connectivity index (χ0) is 16.7. The van der Waals surface area contributed by atoms with Gasteiger partial charge in [-0.2, -0.15) is 0 Å². The number of nitrogens with zero attached hydrogens (tertiary/aromatic N) is 1. The SMILES string of the molecule is CCNCC1CCN(C(=O)c2cccc(NC(=O)CC)c2)CC1.Cl. The quantitative estimate of drug-likeness (QED) is 0.826. The van der Waals surface area contributed by atoms with Crippen LogP contribution in [-0.2, 0) is 4.79 Å². The van der Waals surface area contributed by atoms with Gasteiger partial charge in [0.25, 0.3) is 5.91 Å². The predicted molar refractivity (Wildman–Crippen MR) is 99.8 cm³/mol. The Morgan fingerprint density at radius 3 is 2.54 bits per heavy atom. The molecule has 0 saturated carbocycles. The second-order valence-corrected chi connectivity index (χ2v) is 6.03. The minimum absolute atomic E-state index is 0. The summed E-state index contributed by atoms with van der Waals surface area (Å²) in [4.78, 5) is 26.0. The number of likely N-dealkylation sites (tertiary alicyclic amines) is 1. The molecule has 0 radical (unpaired) electrons. The van der Waals surface area contributed by atoms with E-state index in [4.69, 9.17) is 0 Å². The fraction of sp³-hybridized carbons (Fsp3) is 0.556. The third-order valence-corrected chi connectivity index (χ3v) is 4.30. The van der Waals surface area contributed by atoms with Gasteiger partial charge in [-0.3, -0.25) is 9.59 Å². The molecule has 0 bridgehead atoms. The van der Waals surface area contributed by atoms with Crippen LogP contribution >= 0.6 is 12.4 Å². The van der Waals surface area contributed by atoms with Gasteiger partial charge in [0.1, 0.15) is 0 Å². The zero-order valence-corrected chi connectivity index (χ0v) is 15.3. The smallest absolute Gasteiger partial charge is 0.253 e. The normalized spacial score (nSPS) is 14.8. The summed E-state index contributed by atoms with van der Waals surface area (Å²) < 4.78 is 0. The van der Waals surface area contributed by atoms with Gasteiger partial charge >= 0.3 is 0 Å². The number of hydrogen-bond donors (Lipinski definition) is 2. The molecule has 0 unspecified atom stereocenters. The molecular weight excluding hydrogens is 326 g/mol. The number of nitrogens with one attached hydrogen (secondary N) is 2. The summed E-state index contributed by atoms with van der Waals surface area (Å²) in [5.74, 6) is 0.674. The maximum atomic E-state index is 12.6. The maximum Gasteiger partial charge on any atom is 0.253 e. The van der Waals surface area contributed by atoms with E-state index in [2.05, 4.69) is 17.6 Å². The summed E-state index contributed by atoms with van der Waals surface area (Å²) in [6, 6.07) is 7.21. The number of rotatable bonds is 6. The van der Waals surface area contributed by atoms with Gasteiger partial charge in [-0.05, 0) is 50.0 Å². The van der Waals surface area contributed by atoms with Gasteiger partial charge in [-0.25, -0.2) is 0 Å². The molecule has 5 nitrogen and oxygen atoms in total. The summed E-state index contributed by atoms with van der Waals surface area (Å²) in [6.07, 6.45) is 2.52. The highest BCUT2D eigenvalue weighted by Gasteiger charge is 2.23. The van der Waals surface area contributed by atoms with Crippen LogP contribution in [0.5, 0.6) is 0 Å². The van der Waals surface area contributed by atoms with Gasteiger partial charge < -0.3 is 15.5 Å². The van der Waals surface area contributed by atoms with E-state index in [-0.39, 0.29) is 24.2 Å². The third kappa shape index (κ3) is 5.80. The van der Waals surface area contributed by atoms with E-state index >= 15 is 0 Å². The summed E-state index contributed by atoms with van der Waals surface area (Å²) in [6.45, 7) is 7.57. The molecule has 0 aromatic heterocycles. The first-order valence-corrected chi connectivity index (χ1v) is 8.54. The Kier molecular flexibility index (Phi) is 8.79. The van der Waals surface area contributed by atoms with E-state index < -0.39 is 0 Å². The highest BCUT2D eigenvalue weighted by atomic mass is 35.5. The van der Waals surface area contributed by atoms with E-state index in [9.17, 15) is 9.59 Å². The molecule has 1 saturated heterocycles. The van der Waals surface area contributed by atoms with Crippen molar-refractivity contribution in [3.8, 4) is 0 Å². The van der Waals surface area contributed by atoms with Crippen LogP contribution in [0.2, 0.25) is 0 Å². The zero-order valence-electron chi connectivity index (χ0n) is 14.5. The number of anilines is 1. The third-order valence-electron chi connectivity index (χ3n) is 4.30. The molecule has 2 N–H and O–H groups in total. The van der Waals surface area contributed by atoms with Crippen LogP contribution in [0.15, 0.2) is 24.3 Å². The fourth-order valence-electron chi connectivity index (χ4n) is 2.85. The lowest BCUT2D eigenvalue weighted by Crippen LogP contribution is -2.40. The maximum absolute atomic E-state index is 12.6. The number of benzene rings is 1. The molecule has 0 atom stereocenters. The molecular formula is C18H28ClN3O2. The highest BCUT2D eigenvalue weighted by molar-refractivity contribution is 5.97. The number of halogens is 1. The lowest BCUT2D eigenvalue weighted by Gasteiger charge is -2.32. The Bertz CT molecular complexity index is 543. The van der Waals surface area contributed by atoms with Crippen LogP contribution in [0, 0.1) is 5.92 Å². The monoisotopic (exact) mass is 353 g/mol. The fourth-order valence-corrected chi connectivity index (χ4v) is 2.85. The first-order valence-electron chi connectivity index (χ1n) is 8.54. The van der Waals surface area contributed by atoms with Crippen LogP contribution < -0.4 is 10.6 Å². The van der Waals surface area contributed by atoms with E-state index in [0.29, 0.717) is 23.6 Å². The summed E-state index contributed by atoms with van der Waals surface area (Å²) >= 11 is 0. The van der Waals surface area contributed by atoms with Gasteiger partial charge in [0.2, 0.25) is 5.91 Å². The molecule has 2 amide bonds. The van der Waals surface area contributed by atoms with E-state index in [1.54, 1.807) is 6.07 Å². The number of hydrogen-bond acceptors (Lipinski definition) is 3. The number of carbonyl (C=O) groups is 2. The number of piperidine rings is 1. The lowest BCUT2D eigenvalue weighted by atomic mass is 9.96. The Morgan fingerprint density at radius 2 is 1.92 bits per heavy atom. The van der Waals surface area contributed by atoms with Crippen molar-refractivity contribution in [2.45, 2.75) is 33.1 Å². The molecule has 24 heavy (non-hydrogen) atoms. The van der Waals surface area contributed by atoms with Gasteiger partial charge in [0.15, 0.2) is 0 Å². The standard InChI is InChI=1S/C18H27N3O2.ClH/c1-3-17(22)20-16-7-5-6-15(12-16)18(23)21-10-8-14(9-11-21)13-19-4-2;/h5-7,12,14,19H,3-4,8-11,13H2,1-2H3,(H,20,22);1H. The van der Waals surface area contributed by atoms with E-state index in [0.717, 1.165) is 39.0 Å². The topological polar surface area (TPSA) is 61.4 Å². The van der Waals surface area contributed by atoms with Crippen molar-refractivity contribution in [3.63, 3.8) is 0 Å². The van der Waals surface area contributed by atoms with Crippen LogP contribution in [0.1, 0.15) is 43.5 Å². The molecule has 1 aromatic carbocycles. The van der Waals surface area contributed by atoms with Crippen molar-refractivity contribution in [1.82, 2.24) is 10.2 Å². The first kappa shape index (κ1) is 20.5. The van der Waals surface area contributed by atoms with Crippen LogP contribution in [0.4, 0.5) is 5.69 Å². The average molecular weight is 354 g/mol. The Morgan fingerprint density at radius 1 is 1.21 bits per heavy atom. The van der Waals surface area contributed by atoms with Crippen molar-refractivity contribution in [2.24, 2.45) is 5.92 Å². The number of carbonyl (C=O) groups excluding carboxylic acids is 2. The summed E-state index contributed by atoms with van der Waals surface area (Å²) in [5.41, 5.74) is 1.33. The molecule has 0 spiro atoms. The van der Waals surface area contributed by atoms with Crippen molar-refractivity contribution in [3.05, 3.63) is 29.8 Å². The second-order valence-electron chi connectivity index (χ2n) is 6.03. The van der Waals surface area contributed by atoms with Crippen LogP contribution in [0.3, 0.4) is 0 Å². The first-order chi connectivity index (χ1) is 11.1. The average Bonchev–Trinajstić information content (AvgIpc) is 2.60. The van der Waals surface area contributed by atoms with Crippen molar-refractivity contribution in [2.75, 3.05) is 31.5 Å². The summed E-state index contributed by atoms with van der Waals surface area (Å²) in [7, 11) is 0. The molecule has 1 heterocycles. The molecule has 1 aromatic rings. The van der Waals surface area contributed by atoms with Crippen LogP contribution in [0.25, 0.3) is 0 Å². The molecule has 134 valence electrons. The van der Waals surface area contributed by atoms with Crippen molar-refractivity contribution >= 4 is 29.9 Å². The minimum atomic E-state index is -0.0427. The van der Waals surface area contributed by atoms with Crippen molar-refractivity contribution < 1.29 is 9.59 Å². The van der Waals surface area contributed by atoms with Crippen molar-refractivity contribution in [1.29, 1.82) is 0 Å². The largest absolute Gasteiger partial charge is 0.339 e. The molecule has 1 fully saturated rings. The Balaban J connectivity index is 0.00000288. The van der Waals surface area contributed by atoms with Gasteiger partial charge in [0.05, 0.1) is 0 Å².